The average molecular weight is 292 g/mol. The molecule has 1 aliphatic carbocycles. The number of nitrogens with two attached hydrogens (primary N) is 1. The van der Waals surface area contributed by atoms with Gasteiger partial charge in [-0.1, -0.05) is 32.0 Å². The van der Waals surface area contributed by atoms with Gasteiger partial charge in [-0.15, -0.1) is 0 Å². The second-order valence-corrected chi connectivity index (χ2v) is 7.29. The van der Waals surface area contributed by atoms with Crippen LogP contribution in [0.3, 0.4) is 0 Å². The van der Waals surface area contributed by atoms with E-state index in [2.05, 4.69) is 25.8 Å². The summed E-state index contributed by atoms with van der Waals surface area (Å²) in [6.07, 6.45) is 5.91. The van der Waals surface area contributed by atoms with Crippen LogP contribution in [0.15, 0.2) is 24.3 Å². The van der Waals surface area contributed by atoms with Crippen LogP contribution in [0.1, 0.15) is 57.6 Å². The highest BCUT2D eigenvalue weighted by atomic mass is 19.1. The van der Waals surface area contributed by atoms with Crippen LogP contribution in [0.25, 0.3) is 0 Å². The van der Waals surface area contributed by atoms with Crippen molar-refractivity contribution >= 4 is 0 Å². The zero-order valence-corrected chi connectivity index (χ0v) is 13.6. The molecule has 2 N–H and O–H groups in total. The van der Waals surface area contributed by atoms with E-state index in [1.165, 1.54) is 31.7 Å². The van der Waals surface area contributed by atoms with Crippen molar-refractivity contribution in [2.45, 2.75) is 58.0 Å². The van der Waals surface area contributed by atoms with Gasteiger partial charge in [-0.3, -0.25) is 0 Å². The van der Waals surface area contributed by atoms with Crippen molar-refractivity contribution in [3.8, 4) is 0 Å². The van der Waals surface area contributed by atoms with Gasteiger partial charge >= 0.3 is 0 Å². The minimum Gasteiger partial charge on any atom is -0.324 e. The first kappa shape index (κ1) is 16.4. The van der Waals surface area contributed by atoms with Crippen molar-refractivity contribution in [3.63, 3.8) is 0 Å². The molecule has 0 bridgehead atoms. The van der Waals surface area contributed by atoms with Gasteiger partial charge in [-0.2, -0.15) is 0 Å². The molecule has 1 aromatic carbocycles. The first-order valence-electron chi connectivity index (χ1n) is 8.09. The molecule has 1 fully saturated rings. The molecule has 0 spiro atoms. The summed E-state index contributed by atoms with van der Waals surface area (Å²) in [5, 5.41) is 0. The number of halogens is 1. The minimum atomic E-state index is -0.214. The van der Waals surface area contributed by atoms with Gasteiger partial charge in [0, 0.05) is 17.6 Å². The van der Waals surface area contributed by atoms with Gasteiger partial charge in [0.25, 0.3) is 0 Å². The zero-order chi connectivity index (χ0) is 15.5. The third-order valence-corrected chi connectivity index (χ3v) is 5.03. The molecule has 2 nitrogen and oxygen atoms in total. The van der Waals surface area contributed by atoms with E-state index >= 15 is 0 Å². The molecule has 0 heterocycles. The Hall–Kier alpha value is -0.930. The second kappa shape index (κ2) is 6.89. The fraction of sp³-hybridized carbons (Fsp3) is 0.667. The molecule has 1 aliphatic rings. The molecule has 0 aromatic heterocycles. The van der Waals surface area contributed by atoms with Gasteiger partial charge < -0.3 is 10.6 Å². The Kier molecular flexibility index (Phi) is 5.39. The lowest BCUT2D eigenvalue weighted by molar-refractivity contribution is 0.125. The Bertz CT molecular complexity index is 448. The Morgan fingerprint density at radius 2 is 1.90 bits per heavy atom. The Balaban J connectivity index is 1.81. The molecule has 0 saturated heterocycles. The topological polar surface area (TPSA) is 29.3 Å². The number of hydrogen-bond donors (Lipinski definition) is 1. The SMILES string of the molecule is CN(CCC(N)c1ccccc1F)C1CCC(C)(C)CC1. The molecule has 21 heavy (non-hydrogen) atoms. The van der Waals surface area contributed by atoms with Gasteiger partial charge in [0.15, 0.2) is 0 Å². The van der Waals surface area contributed by atoms with Crippen molar-refractivity contribution in [2.24, 2.45) is 11.1 Å². The smallest absolute Gasteiger partial charge is 0.127 e. The van der Waals surface area contributed by atoms with Crippen molar-refractivity contribution in [2.75, 3.05) is 13.6 Å². The molecular weight excluding hydrogens is 263 g/mol. The highest BCUT2D eigenvalue weighted by Gasteiger charge is 2.28. The standard InChI is InChI=1S/C18H29FN2/c1-18(2)11-8-14(9-12-18)21(3)13-10-17(20)15-6-4-5-7-16(15)19/h4-7,14,17H,8-13,20H2,1-3H3. The summed E-state index contributed by atoms with van der Waals surface area (Å²) in [6.45, 7) is 5.65. The van der Waals surface area contributed by atoms with Crippen LogP contribution in [0.2, 0.25) is 0 Å². The van der Waals surface area contributed by atoms with Crippen LogP contribution in [0.4, 0.5) is 4.39 Å². The summed E-state index contributed by atoms with van der Waals surface area (Å²) in [4.78, 5) is 2.41. The fourth-order valence-electron chi connectivity index (χ4n) is 3.28. The van der Waals surface area contributed by atoms with E-state index in [1.807, 2.05) is 6.07 Å². The third-order valence-electron chi connectivity index (χ3n) is 5.03. The zero-order valence-electron chi connectivity index (χ0n) is 13.6. The van der Waals surface area contributed by atoms with E-state index in [1.54, 1.807) is 12.1 Å². The summed E-state index contributed by atoms with van der Waals surface area (Å²) in [5.74, 6) is -0.188. The maximum Gasteiger partial charge on any atom is 0.127 e. The van der Waals surface area contributed by atoms with Gasteiger partial charge in [-0.25, -0.2) is 4.39 Å². The van der Waals surface area contributed by atoms with Crippen molar-refractivity contribution < 1.29 is 4.39 Å². The summed E-state index contributed by atoms with van der Waals surface area (Å²) >= 11 is 0. The normalized spacial score (nSPS) is 20.7. The minimum absolute atomic E-state index is 0.188. The van der Waals surface area contributed by atoms with E-state index < -0.39 is 0 Å². The van der Waals surface area contributed by atoms with Crippen molar-refractivity contribution in [1.82, 2.24) is 4.90 Å². The van der Waals surface area contributed by atoms with E-state index in [0.29, 0.717) is 17.0 Å². The number of rotatable bonds is 5. The summed E-state index contributed by atoms with van der Waals surface area (Å²) in [5.41, 5.74) is 7.29. The lowest BCUT2D eigenvalue weighted by atomic mass is 9.75. The number of hydrogen-bond acceptors (Lipinski definition) is 2. The molecule has 2 rings (SSSR count). The predicted octanol–water partition coefficient (Wildman–Crippen LogP) is 4.12. The van der Waals surface area contributed by atoms with E-state index in [-0.39, 0.29) is 11.9 Å². The monoisotopic (exact) mass is 292 g/mol. The fourth-order valence-corrected chi connectivity index (χ4v) is 3.28. The average Bonchev–Trinajstić information content (AvgIpc) is 2.45. The number of benzene rings is 1. The lowest BCUT2D eigenvalue weighted by Crippen LogP contribution is -2.38. The molecule has 0 amide bonds. The maximum atomic E-state index is 13.7. The van der Waals surface area contributed by atoms with Crippen molar-refractivity contribution in [3.05, 3.63) is 35.6 Å². The number of nitrogens with zero attached hydrogens (tertiary/aromatic N) is 1. The van der Waals surface area contributed by atoms with E-state index in [4.69, 9.17) is 5.73 Å². The maximum absolute atomic E-state index is 13.7. The highest BCUT2D eigenvalue weighted by Crippen LogP contribution is 2.36. The first-order valence-corrected chi connectivity index (χ1v) is 8.09. The Morgan fingerprint density at radius 3 is 2.52 bits per heavy atom. The Labute approximate surface area is 128 Å². The predicted molar refractivity (Wildman–Crippen MR) is 86.6 cm³/mol. The third kappa shape index (κ3) is 4.52. The second-order valence-electron chi connectivity index (χ2n) is 7.29. The quantitative estimate of drug-likeness (QED) is 0.884. The molecule has 1 aromatic rings. The van der Waals surface area contributed by atoms with Crippen LogP contribution in [-0.4, -0.2) is 24.5 Å². The molecule has 0 aliphatic heterocycles. The summed E-state index contributed by atoms with van der Waals surface area (Å²) in [6, 6.07) is 7.29. The molecule has 1 atom stereocenters. The molecule has 0 radical (unpaired) electrons. The van der Waals surface area contributed by atoms with Gasteiger partial charge in [0.05, 0.1) is 0 Å². The van der Waals surface area contributed by atoms with Crippen LogP contribution in [0.5, 0.6) is 0 Å². The molecule has 1 unspecified atom stereocenters. The molecular formula is C18H29FN2. The lowest BCUT2D eigenvalue weighted by Gasteiger charge is -2.39. The van der Waals surface area contributed by atoms with Crippen molar-refractivity contribution in [1.29, 1.82) is 0 Å². The van der Waals surface area contributed by atoms with E-state index in [0.717, 1.165) is 13.0 Å². The molecule has 1 saturated carbocycles. The van der Waals surface area contributed by atoms with Gasteiger partial charge in [0.1, 0.15) is 5.82 Å². The Morgan fingerprint density at radius 1 is 1.29 bits per heavy atom. The summed E-state index contributed by atoms with van der Waals surface area (Å²) < 4.78 is 13.7. The van der Waals surface area contributed by atoms with Crippen LogP contribution in [0, 0.1) is 11.2 Å². The largest absolute Gasteiger partial charge is 0.324 e. The van der Waals surface area contributed by atoms with E-state index in [9.17, 15) is 4.39 Å². The highest BCUT2D eigenvalue weighted by molar-refractivity contribution is 5.20. The molecule has 3 heteroatoms. The van der Waals surface area contributed by atoms with Crippen LogP contribution >= 0.6 is 0 Å². The summed E-state index contributed by atoms with van der Waals surface area (Å²) in [7, 11) is 2.18. The van der Waals surface area contributed by atoms with Gasteiger partial charge in [-0.05, 0) is 57.2 Å². The van der Waals surface area contributed by atoms with Gasteiger partial charge in [0.2, 0.25) is 0 Å². The van der Waals surface area contributed by atoms with Crippen LogP contribution in [-0.2, 0) is 0 Å². The molecule has 118 valence electrons. The van der Waals surface area contributed by atoms with Crippen LogP contribution < -0.4 is 5.73 Å². The first-order chi connectivity index (χ1) is 9.89.